The summed E-state index contributed by atoms with van der Waals surface area (Å²) in [5.74, 6) is -8.80. The number of hydrogen-bond donors (Lipinski definition) is 2. The highest BCUT2D eigenvalue weighted by Gasteiger charge is 2.71. The number of fused-ring (bicyclic) bond motifs is 4. The van der Waals surface area contributed by atoms with Gasteiger partial charge in [-0.1, -0.05) is 77.3 Å². The van der Waals surface area contributed by atoms with Crippen LogP contribution in [-0.4, -0.2) is 58.7 Å². The van der Waals surface area contributed by atoms with E-state index >= 15 is 9.59 Å². The molecule has 5 aromatic rings. The van der Waals surface area contributed by atoms with Crippen molar-refractivity contribution in [3.8, 4) is 17.2 Å². The van der Waals surface area contributed by atoms with Gasteiger partial charge in [-0.25, -0.2) is 4.98 Å². The molecular weight excluding hydrogens is 876 g/mol. The van der Waals surface area contributed by atoms with Crippen molar-refractivity contribution >= 4 is 64.1 Å². The first-order valence-electron chi connectivity index (χ1n) is 20.0. The molecule has 4 amide bonds. The summed E-state index contributed by atoms with van der Waals surface area (Å²) in [6.45, 7) is 0. The van der Waals surface area contributed by atoms with Crippen LogP contribution in [0.4, 0.5) is 24.7 Å². The molecular formula is C47H35Cl2F3N4O8. The Hall–Kier alpha value is -6.71. The molecule has 326 valence electrons. The molecule has 17 heteroatoms. The second-order valence-electron chi connectivity index (χ2n) is 15.9. The van der Waals surface area contributed by atoms with Crippen LogP contribution in [0.15, 0.2) is 115 Å². The molecule has 64 heavy (non-hydrogen) atoms. The zero-order chi connectivity index (χ0) is 45.4. The van der Waals surface area contributed by atoms with Gasteiger partial charge in [-0.05, 0) is 66.8 Å². The Morgan fingerprint density at radius 1 is 0.844 bits per heavy atom. The number of hydrazine groups is 1. The molecule has 12 nitrogen and oxygen atoms in total. The van der Waals surface area contributed by atoms with E-state index in [1.807, 2.05) is 0 Å². The van der Waals surface area contributed by atoms with Crippen LogP contribution in [0.3, 0.4) is 0 Å². The van der Waals surface area contributed by atoms with Gasteiger partial charge in [0.2, 0.25) is 11.8 Å². The molecule has 1 aromatic heterocycles. The number of nitrogens with one attached hydrogen (secondary N) is 1. The van der Waals surface area contributed by atoms with Crippen molar-refractivity contribution in [2.45, 2.75) is 30.4 Å². The first kappa shape index (κ1) is 42.6. The quantitative estimate of drug-likeness (QED) is 0.0835. The van der Waals surface area contributed by atoms with E-state index in [4.69, 9.17) is 32.7 Å². The summed E-state index contributed by atoms with van der Waals surface area (Å²) in [4.78, 5) is 78.1. The van der Waals surface area contributed by atoms with Crippen LogP contribution in [0.5, 0.6) is 17.2 Å². The van der Waals surface area contributed by atoms with Gasteiger partial charge in [-0.2, -0.15) is 18.2 Å². The Balaban J connectivity index is 1.19. The molecule has 0 spiro atoms. The molecule has 0 unspecified atom stereocenters. The Morgan fingerprint density at radius 2 is 1.48 bits per heavy atom. The Labute approximate surface area is 373 Å². The third-order valence-corrected chi connectivity index (χ3v) is 13.3. The summed E-state index contributed by atoms with van der Waals surface area (Å²) in [6.07, 6.45) is -2.58. The van der Waals surface area contributed by atoms with E-state index in [1.54, 1.807) is 72.8 Å². The SMILES string of the molecule is COc1cc(O)cc(OC)c1[C@H]1C2=CC[C@@H]3C(=O)N(c4ccc(C(=O)c5ccccc5)cc4)C(=O)[C@@H]3[C@@H]2C[C@H]2C(=O)N(Nc3ncc(C(F)(F)F)cc3Cl)C(=O)[C@@]12c1ccc(Cl)cc1. The molecule has 6 atom stereocenters. The van der Waals surface area contributed by atoms with Crippen molar-refractivity contribution in [2.75, 3.05) is 24.5 Å². The lowest BCUT2D eigenvalue weighted by atomic mass is 9.49. The van der Waals surface area contributed by atoms with Gasteiger partial charge < -0.3 is 14.6 Å². The third-order valence-electron chi connectivity index (χ3n) is 12.8. The first-order valence-corrected chi connectivity index (χ1v) is 20.7. The first-order chi connectivity index (χ1) is 30.6. The maximum atomic E-state index is 15.6. The summed E-state index contributed by atoms with van der Waals surface area (Å²) in [7, 11) is 2.69. The summed E-state index contributed by atoms with van der Waals surface area (Å²) in [5, 5.41) is 11.3. The zero-order valence-electron chi connectivity index (χ0n) is 33.7. The number of aromatic hydroxyl groups is 1. The normalized spacial score (nSPS) is 23.9. The summed E-state index contributed by atoms with van der Waals surface area (Å²) >= 11 is 12.7. The van der Waals surface area contributed by atoms with E-state index in [0.29, 0.717) is 44.6 Å². The summed E-state index contributed by atoms with van der Waals surface area (Å²) < 4.78 is 52.6. The average Bonchev–Trinajstić information content (AvgIpc) is 3.67. The predicted molar refractivity (Wildman–Crippen MR) is 227 cm³/mol. The number of phenolic OH excluding ortho intramolecular Hbond substituents is 1. The predicted octanol–water partition coefficient (Wildman–Crippen LogP) is 8.55. The molecule has 0 radical (unpaired) electrons. The molecule has 2 N–H and O–H groups in total. The van der Waals surface area contributed by atoms with Crippen LogP contribution < -0.4 is 19.8 Å². The minimum Gasteiger partial charge on any atom is -0.508 e. The van der Waals surface area contributed by atoms with Gasteiger partial charge in [0.05, 0.1) is 53.7 Å². The number of amides is 4. The number of benzene rings is 4. The number of imide groups is 2. The highest BCUT2D eigenvalue weighted by Crippen LogP contribution is 2.66. The molecule has 3 heterocycles. The fourth-order valence-corrected chi connectivity index (χ4v) is 10.4. The number of allylic oxidation sites excluding steroid dienone is 2. The number of nitrogens with zero attached hydrogens (tertiary/aromatic N) is 3. The van der Waals surface area contributed by atoms with Crippen LogP contribution in [-0.2, 0) is 30.8 Å². The van der Waals surface area contributed by atoms with E-state index in [-0.39, 0.29) is 47.1 Å². The number of phenols is 1. The van der Waals surface area contributed by atoms with Crippen molar-refractivity contribution in [1.29, 1.82) is 0 Å². The van der Waals surface area contributed by atoms with Crippen LogP contribution in [0.2, 0.25) is 10.0 Å². The maximum absolute atomic E-state index is 15.6. The Bertz CT molecular complexity index is 2780. The fraction of sp³-hybridized carbons (Fsp3) is 0.234. The molecule has 4 aliphatic rings. The van der Waals surface area contributed by atoms with Gasteiger partial charge in [-0.15, -0.1) is 0 Å². The van der Waals surface area contributed by atoms with Crippen molar-refractivity contribution in [1.82, 2.24) is 9.99 Å². The number of halogens is 5. The number of ketones is 1. The molecule has 2 aliphatic carbocycles. The summed E-state index contributed by atoms with van der Waals surface area (Å²) in [5.41, 5.74) is 1.63. The molecule has 9 rings (SSSR count). The minimum atomic E-state index is -4.79. The maximum Gasteiger partial charge on any atom is 0.417 e. The molecule has 3 fully saturated rings. The number of hydrogen-bond acceptors (Lipinski definition) is 10. The third kappa shape index (κ3) is 6.59. The van der Waals surface area contributed by atoms with Gasteiger partial charge in [0.15, 0.2) is 11.6 Å². The molecule has 4 aromatic carbocycles. The van der Waals surface area contributed by atoms with E-state index in [0.717, 1.165) is 4.90 Å². The number of carbonyl (C=O) groups is 5. The van der Waals surface area contributed by atoms with Crippen molar-refractivity contribution in [2.24, 2.45) is 23.7 Å². The van der Waals surface area contributed by atoms with E-state index in [1.165, 1.54) is 38.5 Å². The Kier molecular flexibility index (Phi) is 10.5. The number of carbonyl (C=O) groups excluding carboxylic acids is 5. The monoisotopic (exact) mass is 910 g/mol. The number of alkyl halides is 3. The molecule has 1 saturated carbocycles. The topological polar surface area (TPSA) is 155 Å². The van der Waals surface area contributed by atoms with E-state index in [2.05, 4.69) is 10.4 Å². The van der Waals surface area contributed by atoms with Crippen molar-refractivity contribution in [3.63, 3.8) is 0 Å². The van der Waals surface area contributed by atoms with Crippen molar-refractivity contribution in [3.05, 3.63) is 153 Å². The smallest absolute Gasteiger partial charge is 0.417 e. The number of methoxy groups -OCH3 is 2. The lowest BCUT2D eigenvalue weighted by Crippen LogP contribution is -2.53. The highest BCUT2D eigenvalue weighted by molar-refractivity contribution is 6.33. The molecule has 2 aliphatic heterocycles. The minimum absolute atomic E-state index is 0.0535. The molecule has 2 saturated heterocycles. The number of aromatic nitrogens is 1. The van der Waals surface area contributed by atoms with Crippen molar-refractivity contribution < 1.29 is 51.7 Å². The number of ether oxygens (including phenoxy) is 2. The number of anilines is 2. The van der Waals surface area contributed by atoms with Gasteiger partial charge in [0, 0.05) is 46.0 Å². The lowest BCUT2D eigenvalue weighted by molar-refractivity contribution is -0.139. The van der Waals surface area contributed by atoms with Gasteiger partial charge >= 0.3 is 6.18 Å². The fourth-order valence-electron chi connectivity index (χ4n) is 10.1. The van der Waals surface area contributed by atoms with Crippen LogP contribution in [0.25, 0.3) is 0 Å². The molecule has 0 bridgehead atoms. The van der Waals surface area contributed by atoms with E-state index < -0.39 is 81.2 Å². The summed E-state index contributed by atoms with van der Waals surface area (Å²) in [6, 6.07) is 24.3. The van der Waals surface area contributed by atoms with Gasteiger partial charge in [0.1, 0.15) is 17.2 Å². The van der Waals surface area contributed by atoms with Gasteiger partial charge in [-0.3, -0.25) is 34.3 Å². The highest BCUT2D eigenvalue weighted by atomic mass is 35.5. The zero-order valence-corrected chi connectivity index (χ0v) is 35.2. The Morgan fingerprint density at radius 3 is 2.09 bits per heavy atom. The standard InChI is InChI=1S/C47H35Cl2F3N4O8/c1-63-35-19-29(57)20-36(64-2)38(35)39-30-16-17-31-37(44(61)55(42(31)59)28-14-8-24(9-15-28)40(58)23-6-4-3-5-7-23)32(30)21-33-43(60)56(45(62)46(33,39)25-10-12-27(48)13-11-25)54-41-34(49)18-26(22-53-41)47(50,51)52/h3-16,18-20,22,31-33,37,39,57H,17,21H2,1-2H3,(H,53,54)/t31-,32+,33-,37-,39+,46+/m0/s1. The van der Waals surface area contributed by atoms with Crippen LogP contribution in [0, 0.1) is 23.7 Å². The van der Waals surface area contributed by atoms with Gasteiger partial charge in [0.25, 0.3) is 11.8 Å². The lowest BCUT2D eigenvalue weighted by Gasteiger charge is -2.51. The largest absolute Gasteiger partial charge is 0.508 e. The average molecular weight is 912 g/mol. The van der Waals surface area contributed by atoms with E-state index in [9.17, 15) is 32.7 Å². The number of rotatable bonds is 9. The van der Waals surface area contributed by atoms with Crippen LogP contribution >= 0.6 is 23.2 Å². The number of pyridine rings is 1. The second kappa shape index (κ2) is 15.8. The second-order valence-corrected chi connectivity index (χ2v) is 16.8. The van der Waals surface area contributed by atoms with Crippen LogP contribution in [0.1, 0.15) is 51.4 Å².